The molecule has 1 fully saturated rings. The van der Waals surface area contributed by atoms with Crippen LogP contribution in [0.5, 0.6) is 0 Å². The molecule has 0 spiro atoms. The first-order valence-electron chi connectivity index (χ1n) is 7.94. The molecule has 5 nitrogen and oxygen atoms in total. The predicted octanol–water partition coefficient (Wildman–Crippen LogP) is 1.67. The molecule has 2 rings (SSSR count). The summed E-state index contributed by atoms with van der Waals surface area (Å²) in [7, 11) is 0. The van der Waals surface area contributed by atoms with Crippen LogP contribution in [0.4, 0.5) is 0 Å². The van der Waals surface area contributed by atoms with E-state index in [1.165, 1.54) is 0 Å². The minimum Gasteiger partial charge on any atom is -0.352 e. The molecule has 23 heavy (non-hydrogen) atoms. The Labute approximate surface area is 144 Å². The normalized spacial score (nSPS) is 18.7. The van der Waals surface area contributed by atoms with Crippen molar-refractivity contribution in [2.24, 2.45) is 17.6 Å². The van der Waals surface area contributed by atoms with E-state index in [1.807, 2.05) is 30.0 Å². The van der Waals surface area contributed by atoms with Crippen LogP contribution in [-0.2, 0) is 4.79 Å². The van der Waals surface area contributed by atoms with Gasteiger partial charge < -0.3 is 16.0 Å². The van der Waals surface area contributed by atoms with Crippen molar-refractivity contribution in [1.29, 1.82) is 0 Å². The Bertz CT molecular complexity index is 510. The number of hydrogen-bond acceptors (Lipinski definition) is 3. The van der Waals surface area contributed by atoms with Gasteiger partial charge in [-0.25, -0.2) is 0 Å². The van der Waals surface area contributed by atoms with E-state index in [9.17, 15) is 9.59 Å². The number of carbonyl (C=O) groups is 2. The number of nitrogens with two attached hydrogens (primary N) is 1. The van der Waals surface area contributed by atoms with E-state index in [-0.39, 0.29) is 30.1 Å². The second-order valence-corrected chi connectivity index (χ2v) is 6.01. The van der Waals surface area contributed by atoms with Gasteiger partial charge in [0, 0.05) is 37.7 Å². The largest absolute Gasteiger partial charge is 0.352 e. The monoisotopic (exact) mass is 339 g/mol. The predicted molar refractivity (Wildman–Crippen MR) is 93.5 cm³/mol. The van der Waals surface area contributed by atoms with Crippen molar-refractivity contribution in [1.82, 2.24) is 10.2 Å². The molecule has 128 valence electrons. The molecule has 2 unspecified atom stereocenters. The smallest absolute Gasteiger partial charge is 0.251 e. The van der Waals surface area contributed by atoms with Crippen molar-refractivity contribution in [2.45, 2.75) is 19.8 Å². The highest BCUT2D eigenvalue weighted by molar-refractivity contribution is 5.94. The van der Waals surface area contributed by atoms with Crippen LogP contribution in [0.2, 0.25) is 0 Å². The number of likely N-dealkylation sites (tertiary alicyclic amines) is 1. The Morgan fingerprint density at radius 1 is 1.35 bits per heavy atom. The first-order valence-corrected chi connectivity index (χ1v) is 7.94. The molecule has 2 atom stereocenters. The van der Waals surface area contributed by atoms with Crippen LogP contribution in [0.1, 0.15) is 30.1 Å². The molecule has 1 aromatic carbocycles. The van der Waals surface area contributed by atoms with Gasteiger partial charge in [0.25, 0.3) is 5.91 Å². The fraction of sp³-hybridized carbons (Fsp3) is 0.529. The molecule has 6 heteroatoms. The summed E-state index contributed by atoms with van der Waals surface area (Å²) < 4.78 is 0. The third-order valence-corrected chi connectivity index (χ3v) is 4.19. The fourth-order valence-corrected chi connectivity index (χ4v) is 2.77. The minimum atomic E-state index is -0.127. The van der Waals surface area contributed by atoms with Crippen LogP contribution in [0.25, 0.3) is 0 Å². The minimum absolute atomic E-state index is 0. The summed E-state index contributed by atoms with van der Waals surface area (Å²) in [5, 5.41) is 2.97. The summed E-state index contributed by atoms with van der Waals surface area (Å²) >= 11 is 0. The maximum absolute atomic E-state index is 12.2. The molecule has 0 radical (unpaired) electrons. The highest BCUT2D eigenvalue weighted by atomic mass is 35.5. The average molecular weight is 340 g/mol. The van der Waals surface area contributed by atoms with Crippen molar-refractivity contribution in [3.63, 3.8) is 0 Å². The lowest BCUT2D eigenvalue weighted by Gasteiger charge is -2.34. The number of nitrogens with one attached hydrogen (secondary N) is 1. The van der Waals surface area contributed by atoms with Crippen molar-refractivity contribution in [3.05, 3.63) is 35.9 Å². The summed E-state index contributed by atoms with van der Waals surface area (Å²) in [6.45, 7) is 4.35. The number of carbonyl (C=O) groups excluding carboxylic acids is 2. The zero-order chi connectivity index (χ0) is 15.9. The number of hydrogen-bond donors (Lipinski definition) is 2. The number of benzene rings is 1. The summed E-state index contributed by atoms with van der Waals surface area (Å²) in [4.78, 5) is 26.1. The first-order chi connectivity index (χ1) is 10.6. The van der Waals surface area contributed by atoms with E-state index in [0.717, 1.165) is 19.4 Å². The van der Waals surface area contributed by atoms with Crippen LogP contribution < -0.4 is 11.1 Å². The van der Waals surface area contributed by atoms with Gasteiger partial charge in [0.05, 0.1) is 0 Å². The van der Waals surface area contributed by atoms with E-state index in [0.29, 0.717) is 31.1 Å². The Balaban J connectivity index is 0.00000264. The number of piperidine rings is 1. The van der Waals surface area contributed by atoms with Crippen molar-refractivity contribution in [2.75, 3.05) is 26.2 Å². The van der Waals surface area contributed by atoms with Crippen LogP contribution in [0.15, 0.2) is 30.3 Å². The van der Waals surface area contributed by atoms with Gasteiger partial charge in [0.15, 0.2) is 0 Å². The van der Waals surface area contributed by atoms with Gasteiger partial charge in [-0.3, -0.25) is 9.59 Å². The topological polar surface area (TPSA) is 75.4 Å². The summed E-state index contributed by atoms with van der Waals surface area (Å²) in [5.74, 6) is 0.258. The quantitative estimate of drug-likeness (QED) is 0.856. The highest BCUT2D eigenvalue weighted by Crippen LogP contribution is 2.17. The lowest BCUT2D eigenvalue weighted by Crippen LogP contribution is -2.46. The Kier molecular flexibility index (Phi) is 8.06. The standard InChI is InChI=1S/C17H25N3O2.ClH/c1-13(10-18)17(22)20-9-5-6-14(12-20)11-19-16(21)15-7-3-2-4-8-15;/h2-4,7-8,13-14H,5-6,9-12,18H2,1H3,(H,19,21);1H. The van der Waals surface area contributed by atoms with Gasteiger partial charge in [-0.05, 0) is 30.9 Å². The van der Waals surface area contributed by atoms with E-state index in [4.69, 9.17) is 5.73 Å². The second-order valence-electron chi connectivity index (χ2n) is 6.01. The molecule has 1 heterocycles. The zero-order valence-electron chi connectivity index (χ0n) is 13.5. The first kappa shape index (κ1) is 19.5. The molecule has 0 aromatic heterocycles. The van der Waals surface area contributed by atoms with E-state index in [1.54, 1.807) is 12.1 Å². The van der Waals surface area contributed by atoms with Crippen LogP contribution in [-0.4, -0.2) is 42.9 Å². The lowest BCUT2D eigenvalue weighted by molar-refractivity contribution is -0.136. The number of amides is 2. The van der Waals surface area contributed by atoms with Gasteiger partial charge in [0.2, 0.25) is 5.91 Å². The van der Waals surface area contributed by atoms with Gasteiger partial charge in [-0.2, -0.15) is 0 Å². The average Bonchev–Trinajstić information content (AvgIpc) is 2.59. The molecular weight excluding hydrogens is 314 g/mol. The van der Waals surface area contributed by atoms with Crippen molar-refractivity contribution in [3.8, 4) is 0 Å². The molecule has 3 N–H and O–H groups in total. The summed E-state index contributed by atoms with van der Waals surface area (Å²) in [5.41, 5.74) is 6.24. The third-order valence-electron chi connectivity index (χ3n) is 4.19. The van der Waals surface area contributed by atoms with Crippen LogP contribution in [0.3, 0.4) is 0 Å². The molecule has 0 aliphatic carbocycles. The van der Waals surface area contributed by atoms with Crippen LogP contribution in [0, 0.1) is 11.8 Å². The molecule has 0 saturated carbocycles. The van der Waals surface area contributed by atoms with Crippen molar-refractivity contribution >= 4 is 24.2 Å². The van der Waals surface area contributed by atoms with E-state index >= 15 is 0 Å². The SMILES string of the molecule is CC(CN)C(=O)N1CCCC(CNC(=O)c2ccccc2)C1.Cl. The summed E-state index contributed by atoms with van der Waals surface area (Å²) in [6.07, 6.45) is 2.02. The van der Waals surface area contributed by atoms with Gasteiger partial charge in [-0.1, -0.05) is 25.1 Å². The third kappa shape index (κ3) is 5.52. The summed E-state index contributed by atoms with van der Waals surface area (Å²) in [6, 6.07) is 9.19. The van der Waals surface area contributed by atoms with Gasteiger partial charge in [0.1, 0.15) is 0 Å². The van der Waals surface area contributed by atoms with E-state index in [2.05, 4.69) is 5.32 Å². The van der Waals surface area contributed by atoms with Crippen molar-refractivity contribution < 1.29 is 9.59 Å². The second kappa shape index (κ2) is 9.53. The Hall–Kier alpha value is -1.59. The van der Waals surface area contributed by atoms with Gasteiger partial charge in [-0.15, -0.1) is 12.4 Å². The molecule has 1 aliphatic rings. The number of halogens is 1. The maximum atomic E-state index is 12.2. The van der Waals surface area contributed by atoms with Gasteiger partial charge >= 0.3 is 0 Å². The Morgan fingerprint density at radius 2 is 2.04 bits per heavy atom. The van der Waals surface area contributed by atoms with Crippen LogP contribution >= 0.6 is 12.4 Å². The molecule has 1 aliphatic heterocycles. The van der Waals surface area contributed by atoms with E-state index < -0.39 is 0 Å². The highest BCUT2D eigenvalue weighted by Gasteiger charge is 2.26. The molecule has 2 amide bonds. The maximum Gasteiger partial charge on any atom is 0.251 e. The fourth-order valence-electron chi connectivity index (χ4n) is 2.77. The number of nitrogens with zero attached hydrogens (tertiary/aromatic N) is 1. The zero-order valence-corrected chi connectivity index (χ0v) is 14.3. The molecule has 1 aromatic rings. The molecule has 1 saturated heterocycles. The Morgan fingerprint density at radius 3 is 2.70 bits per heavy atom. The molecular formula is C17H26ClN3O2. The molecule has 0 bridgehead atoms. The lowest BCUT2D eigenvalue weighted by atomic mass is 9.96. The number of rotatable bonds is 5.